The molecule has 1 heterocycles. The van der Waals surface area contributed by atoms with Crippen LogP contribution in [0.5, 0.6) is 0 Å². The monoisotopic (exact) mass is 530 g/mol. The van der Waals surface area contributed by atoms with E-state index >= 15 is 0 Å². The summed E-state index contributed by atoms with van der Waals surface area (Å²) in [7, 11) is 0. The maximum atomic E-state index is 13.2. The van der Waals surface area contributed by atoms with Crippen molar-refractivity contribution in [1.82, 2.24) is 9.97 Å². The van der Waals surface area contributed by atoms with E-state index in [0.717, 1.165) is 59.5 Å². The van der Waals surface area contributed by atoms with E-state index in [-0.39, 0.29) is 5.91 Å². The number of rotatable bonds is 6. The highest BCUT2D eigenvalue weighted by Crippen LogP contribution is 2.42. The second-order valence-electron chi connectivity index (χ2n) is 10.2. The van der Waals surface area contributed by atoms with E-state index in [1.165, 1.54) is 23.1 Å². The van der Waals surface area contributed by atoms with E-state index in [1.807, 2.05) is 12.1 Å². The van der Waals surface area contributed by atoms with Crippen molar-refractivity contribution in [2.45, 2.75) is 51.9 Å². The minimum absolute atomic E-state index is 0.306. The van der Waals surface area contributed by atoms with Crippen molar-refractivity contribution in [1.29, 1.82) is 0 Å². The molecular formula is C30H28Cl2N4O. The van der Waals surface area contributed by atoms with Crippen LogP contribution < -0.4 is 10.6 Å². The van der Waals surface area contributed by atoms with Crippen LogP contribution in [0.2, 0.25) is 10.0 Å². The summed E-state index contributed by atoms with van der Waals surface area (Å²) in [5.74, 6) is 1.19. The first-order valence-electron chi connectivity index (χ1n) is 12.7. The Morgan fingerprint density at radius 1 is 0.919 bits per heavy atom. The van der Waals surface area contributed by atoms with Gasteiger partial charge in [-0.25, -0.2) is 4.98 Å². The normalized spacial score (nSPS) is 15.0. The zero-order valence-electron chi connectivity index (χ0n) is 20.8. The topological polar surface area (TPSA) is 69.8 Å². The molecule has 2 aliphatic rings. The number of hydrogen-bond acceptors (Lipinski definition) is 3. The molecule has 4 aromatic rings. The van der Waals surface area contributed by atoms with E-state index in [9.17, 15) is 4.79 Å². The van der Waals surface area contributed by atoms with Gasteiger partial charge in [-0.3, -0.25) is 4.79 Å². The molecule has 2 aliphatic carbocycles. The number of carbonyl (C=O) groups excluding carboxylic acids is 1. The first-order chi connectivity index (χ1) is 17.9. The van der Waals surface area contributed by atoms with Gasteiger partial charge in [0.15, 0.2) is 0 Å². The molecule has 7 heteroatoms. The Kier molecular flexibility index (Phi) is 6.21. The molecule has 3 aromatic carbocycles. The number of nitrogens with one attached hydrogen (secondary N) is 3. The number of nitrogens with zero attached hydrogens (tertiary/aromatic N) is 1. The van der Waals surface area contributed by atoms with Gasteiger partial charge in [-0.05, 0) is 105 Å². The highest BCUT2D eigenvalue weighted by molar-refractivity contribution is 6.36. The number of benzene rings is 3. The van der Waals surface area contributed by atoms with Gasteiger partial charge in [-0.15, -0.1) is 0 Å². The van der Waals surface area contributed by atoms with E-state index < -0.39 is 0 Å². The predicted octanol–water partition coefficient (Wildman–Crippen LogP) is 8.62. The molecule has 5 nitrogen and oxygen atoms in total. The molecule has 0 unspecified atom stereocenters. The number of anilines is 2. The van der Waals surface area contributed by atoms with Crippen LogP contribution in [-0.4, -0.2) is 15.9 Å². The zero-order chi connectivity index (χ0) is 25.7. The average molecular weight is 531 g/mol. The fourth-order valence-electron chi connectivity index (χ4n) is 4.73. The lowest BCUT2D eigenvalue weighted by Gasteiger charge is -2.24. The fourth-order valence-corrected chi connectivity index (χ4v) is 5.11. The molecule has 2 saturated carbocycles. The molecule has 3 N–H and O–H groups in total. The Labute approximate surface area is 226 Å². The van der Waals surface area contributed by atoms with E-state index in [0.29, 0.717) is 27.2 Å². The number of carbonyl (C=O) groups is 1. The van der Waals surface area contributed by atoms with Gasteiger partial charge in [0.1, 0.15) is 5.82 Å². The molecule has 1 amide bonds. The number of fused-ring (bicyclic) bond motifs is 1. The molecule has 0 bridgehead atoms. The summed E-state index contributed by atoms with van der Waals surface area (Å²) in [5, 5.41) is 7.57. The quantitative estimate of drug-likeness (QED) is 0.233. The average Bonchev–Trinajstić information content (AvgIpc) is 3.60. The molecular weight excluding hydrogens is 503 g/mol. The van der Waals surface area contributed by atoms with Crippen LogP contribution in [0.15, 0.2) is 54.1 Å². The van der Waals surface area contributed by atoms with Crippen molar-refractivity contribution in [2.24, 2.45) is 0 Å². The molecule has 188 valence electrons. The third-order valence-electron chi connectivity index (χ3n) is 7.36. The lowest BCUT2D eigenvalue weighted by Crippen LogP contribution is -2.14. The minimum Gasteiger partial charge on any atom is -0.355 e. The number of halogens is 2. The summed E-state index contributed by atoms with van der Waals surface area (Å²) >= 11 is 12.4. The van der Waals surface area contributed by atoms with Crippen molar-refractivity contribution >= 4 is 57.2 Å². The molecule has 1 aromatic heterocycles. The second kappa shape index (κ2) is 9.55. The van der Waals surface area contributed by atoms with Crippen LogP contribution in [0.25, 0.3) is 16.7 Å². The van der Waals surface area contributed by atoms with Gasteiger partial charge < -0.3 is 15.6 Å². The number of amides is 1. The van der Waals surface area contributed by atoms with Crippen molar-refractivity contribution in [3.05, 3.63) is 92.2 Å². The number of aromatic amines is 1. The Morgan fingerprint density at radius 3 is 2.43 bits per heavy atom. The smallest absolute Gasteiger partial charge is 0.257 e. The standard InChI is InChI=1S/C30H28Cl2N4O/c1-16-6-10-21(12-17(16)2)33-27(18-4-3-5-18)24-14-22(15-26-28(24)36-29(35-26)19-7-8-19)34-30(37)23-13-20(31)9-11-25(23)32/h6,9-15,19,33H,3-5,7-8H2,1-2H3,(H,34,37)(H,35,36). The third kappa shape index (κ3) is 4.86. The predicted molar refractivity (Wildman–Crippen MR) is 153 cm³/mol. The Morgan fingerprint density at radius 2 is 1.73 bits per heavy atom. The summed E-state index contributed by atoms with van der Waals surface area (Å²) in [4.78, 5) is 21.7. The van der Waals surface area contributed by atoms with Crippen LogP contribution in [0, 0.1) is 13.8 Å². The minimum atomic E-state index is -0.306. The molecule has 6 rings (SSSR count). The van der Waals surface area contributed by atoms with Crippen LogP contribution in [0.3, 0.4) is 0 Å². The van der Waals surface area contributed by atoms with Gasteiger partial charge in [-0.2, -0.15) is 0 Å². The SMILES string of the molecule is Cc1ccc(NC(=C2CCC2)c2cc(NC(=O)c3cc(Cl)ccc3Cl)cc3[nH]c(C4CC4)nc23)cc1C. The summed E-state index contributed by atoms with van der Waals surface area (Å²) in [6.07, 6.45) is 5.57. The molecule has 37 heavy (non-hydrogen) atoms. The number of allylic oxidation sites excluding steroid dienone is 1. The van der Waals surface area contributed by atoms with E-state index in [2.05, 4.69) is 47.7 Å². The highest BCUT2D eigenvalue weighted by Gasteiger charge is 2.28. The number of aryl methyl sites for hydroxylation is 2. The van der Waals surface area contributed by atoms with Gasteiger partial charge in [0.2, 0.25) is 0 Å². The van der Waals surface area contributed by atoms with Gasteiger partial charge >= 0.3 is 0 Å². The molecule has 0 aliphatic heterocycles. The van der Waals surface area contributed by atoms with Crippen molar-refractivity contribution in [3.8, 4) is 0 Å². The molecule has 0 saturated heterocycles. The third-order valence-corrected chi connectivity index (χ3v) is 7.92. The Bertz CT molecular complexity index is 1580. The van der Waals surface area contributed by atoms with Crippen LogP contribution in [-0.2, 0) is 0 Å². The van der Waals surface area contributed by atoms with Gasteiger partial charge in [0.25, 0.3) is 5.91 Å². The zero-order valence-corrected chi connectivity index (χ0v) is 22.4. The van der Waals surface area contributed by atoms with Crippen LogP contribution in [0.1, 0.15) is 70.9 Å². The summed E-state index contributed by atoms with van der Waals surface area (Å²) < 4.78 is 0. The largest absolute Gasteiger partial charge is 0.355 e. The lowest BCUT2D eigenvalue weighted by atomic mass is 9.87. The number of imidazole rings is 1. The van der Waals surface area contributed by atoms with Gasteiger partial charge in [0.05, 0.1) is 21.6 Å². The maximum Gasteiger partial charge on any atom is 0.257 e. The summed E-state index contributed by atoms with van der Waals surface area (Å²) in [5.41, 5.74) is 9.82. The van der Waals surface area contributed by atoms with Gasteiger partial charge in [-0.1, -0.05) is 29.3 Å². The molecule has 0 radical (unpaired) electrons. The number of hydrogen-bond donors (Lipinski definition) is 3. The lowest BCUT2D eigenvalue weighted by molar-refractivity contribution is 0.102. The van der Waals surface area contributed by atoms with Gasteiger partial charge in [0, 0.05) is 33.6 Å². The first-order valence-corrected chi connectivity index (χ1v) is 13.5. The number of H-pyrrole nitrogens is 1. The molecule has 2 fully saturated rings. The molecule has 0 atom stereocenters. The second-order valence-corrected chi connectivity index (χ2v) is 11.0. The summed E-state index contributed by atoms with van der Waals surface area (Å²) in [6, 6.07) is 15.3. The van der Waals surface area contributed by atoms with Crippen LogP contribution in [0.4, 0.5) is 11.4 Å². The van der Waals surface area contributed by atoms with Crippen molar-refractivity contribution < 1.29 is 4.79 Å². The van der Waals surface area contributed by atoms with Crippen molar-refractivity contribution in [3.63, 3.8) is 0 Å². The first kappa shape index (κ1) is 24.1. The maximum absolute atomic E-state index is 13.2. The van der Waals surface area contributed by atoms with Crippen LogP contribution >= 0.6 is 23.2 Å². The highest BCUT2D eigenvalue weighted by atomic mass is 35.5. The number of aromatic nitrogens is 2. The summed E-state index contributed by atoms with van der Waals surface area (Å²) in [6.45, 7) is 4.25. The Hall–Kier alpha value is -3.28. The van der Waals surface area contributed by atoms with Crippen molar-refractivity contribution in [2.75, 3.05) is 10.6 Å². The fraction of sp³-hybridized carbons (Fsp3) is 0.267. The Balaban J connectivity index is 1.44. The van der Waals surface area contributed by atoms with E-state index in [4.69, 9.17) is 28.2 Å². The molecule has 0 spiro atoms. The van der Waals surface area contributed by atoms with E-state index in [1.54, 1.807) is 18.2 Å².